The topological polar surface area (TPSA) is 69.5 Å². The molecule has 0 radical (unpaired) electrons. The summed E-state index contributed by atoms with van der Waals surface area (Å²) in [5.41, 5.74) is 1.72. The second-order valence-electron chi connectivity index (χ2n) is 6.15. The Morgan fingerprint density at radius 3 is 2.23 bits per heavy atom. The predicted octanol–water partition coefficient (Wildman–Crippen LogP) is 1.35. The fourth-order valence-corrected chi connectivity index (χ4v) is 2.95. The first kappa shape index (κ1) is 16.9. The lowest BCUT2D eigenvalue weighted by Gasteiger charge is -2.34. The molecule has 22 heavy (non-hydrogen) atoms. The van der Waals surface area contributed by atoms with Crippen LogP contribution in [0.25, 0.3) is 0 Å². The van der Waals surface area contributed by atoms with E-state index in [-0.39, 0.29) is 18.0 Å². The highest BCUT2D eigenvalue weighted by molar-refractivity contribution is 5.82. The number of methoxy groups -OCH3 is 2. The zero-order valence-electron chi connectivity index (χ0n) is 14.2. The Kier molecular flexibility index (Phi) is 5.18. The molecule has 2 unspecified atom stereocenters. The van der Waals surface area contributed by atoms with Crippen molar-refractivity contribution in [3.8, 4) is 0 Å². The van der Waals surface area contributed by atoms with Gasteiger partial charge in [0.05, 0.1) is 5.69 Å². The average Bonchev–Trinajstić information content (AvgIpc) is 2.86. The molecular weight excluding hydrogens is 284 g/mol. The summed E-state index contributed by atoms with van der Waals surface area (Å²) in [6, 6.07) is 0.310. The standard InChI is InChI=1S/C15H26N4O3/c1-9(2)18-8-7-11-12(16-17-19(11)10(3)4)13(21-5)14(22-6)15(18)20/h9-10,13-14H,7-8H2,1-6H3. The largest absolute Gasteiger partial charge is 0.372 e. The molecule has 124 valence electrons. The van der Waals surface area contributed by atoms with E-state index in [4.69, 9.17) is 9.47 Å². The fraction of sp³-hybridized carbons (Fsp3) is 0.800. The maximum atomic E-state index is 12.8. The van der Waals surface area contributed by atoms with Gasteiger partial charge in [-0.1, -0.05) is 5.21 Å². The van der Waals surface area contributed by atoms with Crippen LogP contribution in [0, 0.1) is 0 Å². The van der Waals surface area contributed by atoms with Gasteiger partial charge < -0.3 is 14.4 Å². The van der Waals surface area contributed by atoms with Crippen molar-refractivity contribution in [1.82, 2.24) is 19.9 Å². The zero-order chi connectivity index (χ0) is 16.4. The number of amides is 1. The molecule has 2 rings (SSSR count). The fourth-order valence-electron chi connectivity index (χ4n) is 2.95. The van der Waals surface area contributed by atoms with Gasteiger partial charge in [-0.2, -0.15) is 0 Å². The summed E-state index contributed by atoms with van der Waals surface area (Å²) in [6.45, 7) is 8.77. The molecule has 1 aliphatic heterocycles. The van der Waals surface area contributed by atoms with Gasteiger partial charge in [0.1, 0.15) is 11.8 Å². The maximum Gasteiger partial charge on any atom is 0.255 e. The second kappa shape index (κ2) is 6.75. The first-order valence-corrected chi connectivity index (χ1v) is 7.72. The summed E-state index contributed by atoms with van der Waals surface area (Å²) in [5.74, 6) is -0.0610. The lowest BCUT2D eigenvalue weighted by molar-refractivity contribution is -0.153. The molecule has 2 atom stereocenters. The molecule has 0 saturated heterocycles. The minimum Gasteiger partial charge on any atom is -0.372 e. The third-order valence-corrected chi connectivity index (χ3v) is 4.10. The molecule has 0 N–H and O–H groups in total. The normalized spacial score (nSPS) is 22.9. The lowest BCUT2D eigenvalue weighted by Crippen LogP contribution is -2.49. The quantitative estimate of drug-likeness (QED) is 0.840. The van der Waals surface area contributed by atoms with Crippen molar-refractivity contribution in [3.05, 3.63) is 11.4 Å². The maximum absolute atomic E-state index is 12.8. The molecule has 0 spiro atoms. The number of rotatable bonds is 4. The highest BCUT2D eigenvalue weighted by Gasteiger charge is 2.39. The van der Waals surface area contributed by atoms with E-state index in [0.717, 1.165) is 5.69 Å². The number of fused-ring (bicyclic) bond motifs is 1. The van der Waals surface area contributed by atoms with Gasteiger partial charge in [-0.05, 0) is 27.7 Å². The van der Waals surface area contributed by atoms with E-state index >= 15 is 0 Å². The monoisotopic (exact) mass is 310 g/mol. The number of ether oxygens (including phenoxy) is 2. The minimum absolute atomic E-state index is 0.0610. The van der Waals surface area contributed by atoms with Gasteiger partial charge in [0.25, 0.3) is 5.91 Å². The van der Waals surface area contributed by atoms with Crippen molar-refractivity contribution in [3.63, 3.8) is 0 Å². The van der Waals surface area contributed by atoms with Crippen LogP contribution in [0.5, 0.6) is 0 Å². The van der Waals surface area contributed by atoms with Crippen LogP contribution in [-0.4, -0.2) is 58.7 Å². The van der Waals surface area contributed by atoms with Gasteiger partial charge in [-0.15, -0.1) is 5.10 Å². The van der Waals surface area contributed by atoms with Crippen LogP contribution in [-0.2, 0) is 20.7 Å². The third kappa shape index (κ3) is 2.87. The van der Waals surface area contributed by atoms with Crippen LogP contribution in [0.15, 0.2) is 0 Å². The van der Waals surface area contributed by atoms with Crippen LogP contribution in [0.3, 0.4) is 0 Å². The molecular formula is C15H26N4O3. The van der Waals surface area contributed by atoms with E-state index < -0.39 is 12.2 Å². The van der Waals surface area contributed by atoms with Crippen LogP contribution < -0.4 is 0 Å². The third-order valence-electron chi connectivity index (χ3n) is 4.10. The Morgan fingerprint density at radius 2 is 1.73 bits per heavy atom. The first-order chi connectivity index (χ1) is 10.4. The Hall–Kier alpha value is -1.47. The van der Waals surface area contributed by atoms with Crippen LogP contribution in [0.2, 0.25) is 0 Å². The SMILES string of the molecule is COC1C(=O)N(C(C)C)CCc2c(nnn2C(C)C)C1OC. The molecule has 0 aromatic carbocycles. The van der Waals surface area contributed by atoms with Crippen LogP contribution in [0.1, 0.15) is 51.2 Å². The molecule has 1 aliphatic rings. The lowest BCUT2D eigenvalue weighted by atomic mass is 10.0. The van der Waals surface area contributed by atoms with Gasteiger partial charge >= 0.3 is 0 Å². The van der Waals surface area contributed by atoms with E-state index in [0.29, 0.717) is 18.7 Å². The molecule has 1 aromatic rings. The van der Waals surface area contributed by atoms with E-state index in [9.17, 15) is 4.79 Å². The van der Waals surface area contributed by atoms with Crippen molar-refractivity contribution in [2.75, 3.05) is 20.8 Å². The van der Waals surface area contributed by atoms with Crippen LogP contribution in [0.4, 0.5) is 0 Å². The zero-order valence-corrected chi connectivity index (χ0v) is 14.2. The Labute approximate surface area is 131 Å². The smallest absolute Gasteiger partial charge is 0.255 e. The number of nitrogens with zero attached hydrogens (tertiary/aromatic N) is 4. The highest BCUT2D eigenvalue weighted by Crippen LogP contribution is 2.29. The van der Waals surface area contributed by atoms with Gasteiger partial charge in [0.15, 0.2) is 6.10 Å². The van der Waals surface area contributed by atoms with Crippen molar-refractivity contribution in [2.24, 2.45) is 0 Å². The van der Waals surface area contributed by atoms with Crippen molar-refractivity contribution in [1.29, 1.82) is 0 Å². The van der Waals surface area contributed by atoms with Gasteiger partial charge in [0, 0.05) is 39.3 Å². The predicted molar refractivity (Wildman–Crippen MR) is 81.5 cm³/mol. The van der Waals surface area contributed by atoms with E-state index in [1.165, 1.54) is 7.11 Å². The van der Waals surface area contributed by atoms with Crippen molar-refractivity contribution >= 4 is 5.91 Å². The van der Waals surface area contributed by atoms with Gasteiger partial charge in [-0.25, -0.2) is 4.68 Å². The van der Waals surface area contributed by atoms with E-state index in [2.05, 4.69) is 24.2 Å². The first-order valence-electron chi connectivity index (χ1n) is 7.72. The second-order valence-corrected chi connectivity index (χ2v) is 6.15. The average molecular weight is 310 g/mol. The highest BCUT2D eigenvalue weighted by atomic mass is 16.5. The number of aromatic nitrogens is 3. The number of hydrogen-bond acceptors (Lipinski definition) is 5. The molecule has 0 bridgehead atoms. The summed E-state index contributed by atoms with van der Waals surface area (Å²) >= 11 is 0. The molecule has 7 nitrogen and oxygen atoms in total. The molecule has 1 amide bonds. The number of carbonyl (C=O) groups is 1. The summed E-state index contributed by atoms with van der Waals surface area (Å²) in [4.78, 5) is 14.6. The Morgan fingerprint density at radius 1 is 1.09 bits per heavy atom. The molecule has 0 aliphatic carbocycles. The van der Waals surface area contributed by atoms with E-state index in [1.54, 1.807) is 7.11 Å². The minimum atomic E-state index is -0.705. The summed E-state index contributed by atoms with van der Waals surface area (Å²) < 4.78 is 12.9. The molecule has 1 aromatic heterocycles. The molecule has 2 heterocycles. The Balaban J connectivity index is 2.51. The van der Waals surface area contributed by atoms with Gasteiger partial charge in [0.2, 0.25) is 0 Å². The summed E-state index contributed by atoms with van der Waals surface area (Å²) in [5, 5.41) is 8.52. The molecule has 7 heteroatoms. The number of hydrogen-bond donors (Lipinski definition) is 0. The summed E-state index contributed by atoms with van der Waals surface area (Å²) in [6.07, 6.45) is -0.536. The van der Waals surface area contributed by atoms with Crippen LogP contribution >= 0.6 is 0 Å². The Bertz CT molecular complexity index is 527. The van der Waals surface area contributed by atoms with E-state index in [1.807, 2.05) is 23.4 Å². The number of carbonyl (C=O) groups excluding carboxylic acids is 1. The van der Waals surface area contributed by atoms with Crippen molar-refractivity contribution < 1.29 is 14.3 Å². The van der Waals surface area contributed by atoms with Gasteiger partial charge in [-0.3, -0.25) is 4.79 Å². The molecule has 0 saturated carbocycles. The molecule has 0 fully saturated rings. The van der Waals surface area contributed by atoms with Crippen molar-refractivity contribution in [2.45, 2.75) is 58.4 Å². The summed E-state index contributed by atoms with van der Waals surface area (Å²) in [7, 11) is 3.10.